The van der Waals surface area contributed by atoms with Gasteiger partial charge >= 0.3 is 0 Å². The summed E-state index contributed by atoms with van der Waals surface area (Å²) in [5.74, 6) is 0.966. The summed E-state index contributed by atoms with van der Waals surface area (Å²) in [6.07, 6.45) is 0. The van der Waals surface area contributed by atoms with E-state index in [1.807, 2.05) is 48.5 Å². The van der Waals surface area contributed by atoms with Crippen LogP contribution in [0.15, 0.2) is 54.1 Å². The van der Waals surface area contributed by atoms with Gasteiger partial charge in [0, 0.05) is 11.1 Å². The van der Waals surface area contributed by atoms with Crippen molar-refractivity contribution in [3.05, 3.63) is 70.8 Å². The number of carbonyl (C=O) groups is 1. The summed E-state index contributed by atoms with van der Waals surface area (Å²) >= 11 is 0. The number of methoxy groups -OCH3 is 1. The van der Waals surface area contributed by atoms with Crippen molar-refractivity contribution in [2.24, 2.45) is 5.41 Å². The van der Waals surface area contributed by atoms with Crippen molar-refractivity contribution in [3.63, 3.8) is 0 Å². The summed E-state index contributed by atoms with van der Waals surface area (Å²) in [6.45, 7) is 6.28. The second-order valence-corrected chi connectivity index (χ2v) is 6.60. The van der Waals surface area contributed by atoms with Gasteiger partial charge in [-0.3, -0.25) is 4.79 Å². The zero-order valence-corrected chi connectivity index (χ0v) is 13.4. The van der Waals surface area contributed by atoms with Gasteiger partial charge < -0.3 is 4.74 Å². The van der Waals surface area contributed by atoms with Crippen LogP contribution in [0.5, 0.6) is 5.75 Å². The predicted octanol–water partition coefficient (Wildman–Crippen LogP) is 4.74. The van der Waals surface area contributed by atoms with Gasteiger partial charge in [0.15, 0.2) is 5.78 Å². The quantitative estimate of drug-likeness (QED) is 0.799. The average molecular weight is 292 g/mol. The fraction of sp³-hybridized carbons (Fsp3) is 0.250. The van der Waals surface area contributed by atoms with Crippen molar-refractivity contribution in [2.75, 3.05) is 7.11 Å². The zero-order valence-electron chi connectivity index (χ0n) is 13.4. The van der Waals surface area contributed by atoms with Crippen molar-refractivity contribution in [2.45, 2.75) is 20.8 Å². The summed E-state index contributed by atoms with van der Waals surface area (Å²) in [5, 5.41) is 0. The van der Waals surface area contributed by atoms with Crippen LogP contribution in [-0.2, 0) is 0 Å². The molecule has 0 heterocycles. The number of ether oxygens (including phenoxy) is 1. The number of carbonyl (C=O) groups excluding carboxylic acids is 1. The molecule has 0 saturated carbocycles. The van der Waals surface area contributed by atoms with Crippen molar-refractivity contribution < 1.29 is 9.53 Å². The minimum Gasteiger partial charge on any atom is -0.497 e. The molecule has 0 amide bonds. The fourth-order valence-corrected chi connectivity index (χ4v) is 3.06. The maximum absolute atomic E-state index is 12.9. The second-order valence-electron chi connectivity index (χ2n) is 6.60. The number of allylic oxidation sites excluding steroid dienone is 1. The largest absolute Gasteiger partial charge is 0.497 e. The highest BCUT2D eigenvalue weighted by atomic mass is 16.5. The van der Waals surface area contributed by atoms with Gasteiger partial charge in [-0.1, -0.05) is 57.2 Å². The third kappa shape index (κ3) is 2.25. The first-order chi connectivity index (χ1) is 10.4. The molecule has 0 aromatic heterocycles. The van der Waals surface area contributed by atoms with Crippen LogP contribution in [0.3, 0.4) is 0 Å². The first kappa shape index (κ1) is 14.6. The molecule has 0 unspecified atom stereocenters. The van der Waals surface area contributed by atoms with Crippen LogP contribution in [0.4, 0.5) is 0 Å². The molecule has 1 aliphatic rings. The Kier molecular flexibility index (Phi) is 3.40. The Morgan fingerprint density at radius 1 is 0.864 bits per heavy atom. The van der Waals surface area contributed by atoms with E-state index in [1.54, 1.807) is 7.11 Å². The lowest BCUT2D eigenvalue weighted by molar-refractivity contribution is 0.101. The van der Waals surface area contributed by atoms with E-state index in [9.17, 15) is 4.79 Å². The van der Waals surface area contributed by atoms with Crippen LogP contribution >= 0.6 is 0 Å². The molecule has 2 aromatic rings. The fourth-order valence-electron chi connectivity index (χ4n) is 3.06. The molecule has 0 bridgehead atoms. The Hall–Kier alpha value is -2.35. The van der Waals surface area contributed by atoms with Gasteiger partial charge in [0.2, 0.25) is 0 Å². The van der Waals surface area contributed by atoms with E-state index >= 15 is 0 Å². The standard InChI is InChI=1S/C20H20O2/c1-20(2,3)18-17(13-9-11-14(22-4)12-10-13)15-7-5-6-8-16(15)19(18)21/h5-12H,1-4H3. The van der Waals surface area contributed by atoms with Gasteiger partial charge in [0.1, 0.15) is 5.75 Å². The topological polar surface area (TPSA) is 26.3 Å². The van der Waals surface area contributed by atoms with E-state index in [0.29, 0.717) is 0 Å². The molecule has 22 heavy (non-hydrogen) atoms. The first-order valence-electron chi connectivity index (χ1n) is 7.47. The number of rotatable bonds is 2. The van der Waals surface area contributed by atoms with Crippen LogP contribution in [0.1, 0.15) is 42.3 Å². The molecule has 112 valence electrons. The average Bonchev–Trinajstić information content (AvgIpc) is 2.81. The molecule has 0 saturated heterocycles. The van der Waals surface area contributed by atoms with E-state index in [2.05, 4.69) is 20.8 Å². The van der Waals surface area contributed by atoms with Gasteiger partial charge in [-0.2, -0.15) is 0 Å². The van der Waals surface area contributed by atoms with Gasteiger partial charge in [-0.25, -0.2) is 0 Å². The summed E-state index contributed by atoms with van der Waals surface area (Å²) in [5.41, 5.74) is 4.63. The van der Waals surface area contributed by atoms with Gasteiger partial charge in [0.25, 0.3) is 0 Å². The molecular formula is C20H20O2. The smallest absolute Gasteiger partial charge is 0.190 e. The van der Waals surface area contributed by atoms with E-state index in [0.717, 1.165) is 33.6 Å². The lowest BCUT2D eigenvalue weighted by atomic mass is 9.81. The summed E-state index contributed by atoms with van der Waals surface area (Å²) in [4.78, 5) is 12.9. The van der Waals surface area contributed by atoms with Crippen LogP contribution in [0.25, 0.3) is 5.57 Å². The molecule has 0 atom stereocenters. The number of ketones is 1. The Morgan fingerprint density at radius 3 is 2.00 bits per heavy atom. The molecule has 3 rings (SSSR count). The predicted molar refractivity (Wildman–Crippen MR) is 89.2 cm³/mol. The number of Topliss-reactive ketones (excluding diaryl/α,β-unsaturated/α-hetero) is 1. The lowest BCUT2D eigenvalue weighted by Gasteiger charge is -2.21. The molecule has 2 aromatic carbocycles. The highest BCUT2D eigenvalue weighted by Crippen LogP contribution is 2.44. The molecule has 2 heteroatoms. The Labute approximate surface area is 131 Å². The van der Waals surface area contributed by atoms with Gasteiger partial charge in [0.05, 0.1) is 7.11 Å². The molecule has 0 spiro atoms. The zero-order chi connectivity index (χ0) is 15.9. The van der Waals surface area contributed by atoms with E-state index in [4.69, 9.17) is 4.74 Å². The van der Waals surface area contributed by atoms with Crippen molar-refractivity contribution in [3.8, 4) is 5.75 Å². The van der Waals surface area contributed by atoms with Gasteiger partial charge in [-0.15, -0.1) is 0 Å². The number of benzene rings is 2. The minimum atomic E-state index is -0.203. The Bertz CT molecular complexity index is 759. The second kappa shape index (κ2) is 5.13. The molecule has 0 N–H and O–H groups in total. The molecule has 2 nitrogen and oxygen atoms in total. The minimum absolute atomic E-state index is 0.147. The number of hydrogen-bond donors (Lipinski definition) is 0. The monoisotopic (exact) mass is 292 g/mol. The van der Waals surface area contributed by atoms with Crippen LogP contribution in [0, 0.1) is 5.41 Å². The van der Waals surface area contributed by atoms with Crippen LogP contribution < -0.4 is 4.74 Å². The van der Waals surface area contributed by atoms with Crippen molar-refractivity contribution in [1.29, 1.82) is 0 Å². The van der Waals surface area contributed by atoms with Crippen molar-refractivity contribution >= 4 is 11.4 Å². The molecule has 0 radical (unpaired) electrons. The maximum atomic E-state index is 12.9. The number of hydrogen-bond acceptors (Lipinski definition) is 2. The maximum Gasteiger partial charge on any atom is 0.190 e. The molecule has 0 aliphatic heterocycles. The van der Waals surface area contributed by atoms with E-state index in [1.165, 1.54) is 0 Å². The first-order valence-corrected chi connectivity index (χ1v) is 7.47. The third-order valence-electron chi connectivity index (χ3n) is 4.05. The Balaban J connectivity index is 2.26. The molecular weight excluding hydrogens is 272 g/mol. The number of fused-ring (bicyclic) bond motifs is 1. The van der Waals surface area contributed by atoms with Crippen molar-refractivity contribution in [1.82, 2.24) is 0 Å². The molecule has 1 aliphatic carbocycles. The lowest BCUT2D eigenvalue weighted by Crippen LogP contribution is -2.16. The summed E-state index contributed by atoms with van der Waals surface area (Å²) in [6, 6.07) is 15.8. The van der Waals surface area contributed by atoms with E-state index in [-0.39, 0.29) is 11.2 Å². The highest BCUT2D eigenvalue weighted by molar-refractivity contribution is 6.23. The normalized spacial score (nSPS) is 14.3. The summed E-state index contributed by atoms with van der Waals surface area (Å²) < 4.78 is 5.23. The third-order valence-corrected chi connectivity index (χ3v) is 4.05. The van der Waals surface area contributed by atoms with Crippen LogP contribution in [-0.4, -0.2) is 12.9 Å². The highest BCUT2D eigenvalue weighted by Gasteiger charge is 2.36. The molecule has 0 fully saturated rings. The van der Waals surface area contributed by atoms with Gasteiger partial charge in [-0.05, 0) is 34.2 Å². The Morgan fingerprint density at radius 2 is 1.45 bits per heavy atom. The van der Waals surface area contributed by atoms with E-state index < -0.39 is 0 Å². The van der Waals surface area contributed by atoms with Crippen LogP contribution in [0.2, 0.25) is 0 Å². The summed E-state index contributed by atoms with van der Waals surface area (Å²) in [7, 11) is 1.66. The SMILES string of the molecule is COc1ccc(C2=C(C(C)(C)C)C(=O)c3ccccc32)cc1.